The first-order chi connectivity index (χ1) is 16.5. The third-order valence-corrected chi connectivity index (χ3v) is 6.16. The number of benzene rings is 2. The number of nitrogen functional groups attached to an aromatic ring is 2. The minimum absolute atomic E-state index is 0.109. The van der Waals surface area contributed by atoms with Gasteiger partial charge in [-0.1, -0.05) is 24.3 Å². The van der Waals surface area contributed by atoms with Crippen molar-refractivity contribution in [2.45, 2.75) is 19.4 Å². The lowest BCUT2D eigenvalue weighted by Gasteiger charge is -2.28. The van der Waals surface area contributed by atoms with Gasteiger partial charge in [-0.25, -0.2) is 4.98 Å². The minimum atomic E-state index is -0.173. The van der Waals surface area contributed by atoms with Gasteiger partial charge >= 0.3 is 0 Å². The molecule has 4 N–H and O–H groups in total. The molecule has 0 saturated carbocycles. The number of amides is 1. The Balaban J connectivity index is 1.55. The van der Waals surface area contributed by atoms with Crippen molar-refractivity contribution in [3.63, 3.8) is 0 Å². The van der Waals surface area contributed by atoms with Crippen LogP contribution < -0.4 is 20.9 Å². The smallest absolute Gasteiger partial charge is 0.289 e. The lowest BCUT2D eigenvalue weighted by Crippen LogP contribution is -2.35. The normalized spacial score (nSPS) is 13.1. The van der Waals surface area contributed by atoms with Crippen molar-refractivity contribution in [3.8, 4) is 11.5 Å². The van der Waals surface area contributed by atoms with Gasteiger partial charge in [-0.2, -0.15) is 4.98 Å². The molecule has 0 radical (unpaired) electrons. The summed E-state index contributed by atoms with van der Waals surface area (Å²) in [5, 5.41) is 0.731. The Kier molecular flexibility index (Phi) is 5.45. The number of carbonyl (C=O) groups excluding carboxylic acids is 1. The number of methoxy groups -OCH3 is 2. The van der Waals surface area contributed by atoms with E-state index in [1.54, 1.807) is 24.3 Å². The van der Waals surface area contributed by atoms with Crippen molar-refractivity contribution in [2.24, 2.45) is 0 Å². The van der Waals surface area contributed by atoms with E-state index >= 15 is 0 Å². The molecule has 34 heavy (non-hydrogen) atoms. The zero-order valence-electron chi connectivity index (χ0n) is 19.0. The predicted octanol–water partition coefficient (Wildman–Crippen LogP) is 3.19. The molecule has 0 bridgehead atoms. The number of hydrogen-bond acceptors (Lipinski definition) is 8. The summed E-state index contributed by atoms with van der Waals surface area (Å²) in [4.78, 5) is 23.3. The zero-order chi connectivity index (χ0) is 23.8. The van der Waals surface area contributed by atoms with E-state index in [9.17, 15) is 4.79 Å². The maximum Gasteiger partial charge on any atom is 0.289 e. The van der Waals surface area contributed by atoms with Crippen LogP contribution >= 0.6 is 0 Å². The van der Waals surface area contributed by atoms with Crippen LogP contribution in [0.5, 0.6) is 11.5 Å². The highest BCUT2D eigenvalue weighted by Crippen LogP contribution is 2.41. The molecule has 0 unspecified atom stereocenters. The number of furan rings is 1. The summed E-state index contributed by atoms with van der Waals surface area (Å²) in [5.41, 5.74) is 16.1. The van der Waals surface area contributed by atoms with Crippen molar-refractivity contribution in [3.05, 3.63) is 70.6 Å². The third-order valence-electron chi connectivity index (χ3n) is 6.16. The van der Waals surface area contributed by atoms with Gasteiger partial charge in [0, 0.05) is 36.7 Å². The standard InChI is InChI=1S/C25H25N5O4/c1-32-19-10-16(9-17-12-28-25(27)29-23(17)26)18-11-20(34-21(18)22(19)33-2)24(31)30-8-7-14-5-3-4-6-15(14)13-30/h3-6,10-12H,7-9,13H2,1-2H3,(H4,26,27,28,29). The summed E-state index contributed by atoms with van der Waals surface area (Å²) in [7, 11) is 3.09. The Hall–Kier alpha value is -4.27. The Morgan fingerprint density at radius 2 is 1.91 bits per heavy atom. The zero-order valence-corrected chi connectivity index (χ0v) is 19.0. The maximum absolute atomic E-state index is 13.4. The molecular weight excluding hydrogens is 434 g/mol. The van der Waals surface area contributed by atoms with Crippen LogP contribution in [-0.2, 0) is 19.4 Å². The number of nitrogens with zero attached hydrogens (tertiary/aromatic N) is 3. The number of rotatable bonds is 5. The van der Waals surface area contributed by atoms with Crippen LogP contribution in [0.1, 0.15) is 32.8 Å². The molecule has 9 nitrogen and oxygen atoms in total. The molecule has 1 amide bonds. The average Bonchev–Trinajstić information content (AvgIpc) is 3.30. The second kappa shape index (κ2) is 8.58. The molecule has 0 aliphatic carbocycles. The summed E-state index contributed by atoms with van der Waals surface area (Å²) >= 11 is 0. The summed E-state index contributed by atoms with van der Waals surface area (Å²) in [6, 6.07) is 11.8. The molecule has 0 spiro atoms. The Labute approximate surface area is 196 Å². The number of carbonyl (C=O) groups is 1. The first-order valence-corrected chi connectivity index (χ1v) is 10.9. The SMILES string of the molecule is COc1cc(Cc2cnc(N)nc2N)c2cc(C(=O)N3CCc4ccccc4C3)oc2c1OC. The first kappa shape index (κ1) is 21.6. The molecule has 0 atom stereocenters. The molecule has 174 valence electrons. The van der Waals surface area contributed by atoms with Crippen LogP contribution in [0.3, 0.4) is 0 Å². The largest absolute Gasteiger partial charge is 0.493 e. The second-order valence-electron chi connectivity index (χ2n) is 8.19. The number of nitrogens with two attached hydrogens (primary N) is 2. The topological polar surface area (TPSA) is 130 Å². The van der Waals surface area contributed by atoms with Crippen LogP contribution in [-0.4, -0.2) is 41.5 Å². The third kappa shape index (κ3) is 3.75. The van der Waals surface area contributed by atoms with E-state index in [-0.39, 0.29) is 17.6 Å². The van der Waals surface area contributed by atoms with Gasteiger partial charge < -0.3 is 30.3 Å². The number of fused-ring (bicyclic) bond motifs is 2. The number of hydrogen-bond donors (Lipinski definition) is 2. The molecule has 4 aromatic rings. The molecule has 1 aliphatic rings. The summed E-state index contributed by atoms with van der Waals surface area (Å²) in [5.74, 6) is 1.38. The van der Waals surface area contributed by atoms with Gasteiger partial charge in [-0.05, 0) is 35.2 Å². The van der Waals surface area contributed by atoms with Gasteiger partial charge in [0.25, 0.3) is 5.91 Å². The van der Waals surface area contributed by atoms with E-state index < -0.39 is 0 Å². The Morgan fingerprint density at radius 1 is 1.12 bits per heavy atom. The second-order valence-corrected chi connectivity index (χ2v) is 8.19. The van der Waals surface area contributed by atoms with Crippen LogP contribution in [0.2, 0.25) is 0 Å². The van der Waals surface area contributed by atoms with Gasteiger partial charge in [0.2, 0.25) is 11.7 Å². The highest BCUT2D eigenvalue weighted by molar-refractivity contribution is 5.99. The van der Waals surface area contributed by atoms with Crippen LogP contribution in [0, 0.1) is 0 Å². The molecule has 5 rings (SSSR count). The summed E-state index contributed by atoms with van der Waals surface area (Å²) in [6.45, 7) is 1.16. The molecule has 0 fully saturated rings. The van der Waals surface area contributed by atoms with Gasteiger partial charge in [0.15, 0.2) is 17.1 Å². The molecule has 2 aromatic heterocycles. The highest BCUT2D eigenvalue weighted by Gasteiger charge is 2.27. The maximum atomic E-state index is 13.4. The van der Waals surface area contributed by atoms with Gasteiger partial charge in [-0.3, -0.25) is 4.79 Å². The molecule has 1 aliphatic heterocycles. The van der Waals surface area contributed by atoms with Crippen LogP contribution in [0.4, 0.5) is 11.8 Å². The van der Waals surface area contributed by atoms with E-state index in [1.165, 1.54) is 12.7 Å². The molecule has 3 heterocycles. The van der Waals surface area contributed by atoms with Gasteiger partial charge in [0.05, 0.1) is 14.2 Å². The number of aromatic nitrogens is 2. The van der Waals surface area contributed by atoms with E-state index in [0.29, 0.717) is 48.0 Å². The predicted molar refractivity (Wildman–Crippen MR) is 128 cm³/mol. The lowest BCUT2D eigenvalue weighted by molar-refractivity contribution is 0.0704. The summed E-state index contributed by atoms with van der Waals surface area (Å²) < 4.78 is 17.2. The van der Waals surface area contributed by atoms with Gasteiger partial charge in [-0.15, -0.1) is 0 Å². The van der Waals surface area contributed by atoms with Crippen molar-refractivity contribution < 1.29 is 18.7 Å². The summed E-state index contributed by atoms with van der Waals surface area (Å²) in [6.07, 6.45) is 2.80. The fraction of sp³-hybridized carbons (Fsp3) is 0.240. The average molecular weight is 460 g/mol. The van der Waals surface area contributed by atoms with Crippen molar-refractivity contribution in [1.82, 2.24) is 14.9 Å². The van der Waals surface area contributed by atoms with Crippen molar-refractivity contribution >= 4 is 28.6 Å². The van der Waals surface area contributed by atoms with E-state index in [4.69, 9.17) is 25.4 Å². The highest BCUT2D eigenvalue weighted by atomic mass is 16.5. The molecule has 0 saturated heterocycles. The lowest BCUT2D eigenvalue weighted by atomic mass is 9.99. The van der Waals surface area contributed by atoms with Crippen molar-refractivity contribution in [1.29, 1.82) is 0 Å². The molecule has 9 heteroatoms. The fourth-order valence-electron chi connectivity index (χ4n) is 4.41. The molecular formula is C25H25N5O4. The number of anilines is 2. The number of ether oxygens (including phenoxy) is 2. The Bertz CT molecular complexity index is 1400. The van der Waals surface area contributed by atoms with Gasteiger partial charge in [0.1, 0.15) is 5.82 Å². The monoisotopic (exact) mass is 459 g/mol. The molecule has 2 aromatic carbocycles. The van der Waals surface area contributed by atoms with Crippen LogP contribution in [0.15, 0.2) is 47.0 Å². The van der Waals surface area contributed by atoms with E-state index in [0.717, 1.165) is 22.9 Å². The van der Waals surface area contributed by atoms with Crippen LogP contribution in [0.25, 0.3) is 11.0 Å². The van der Waals surface area contributed by atoms with E-state index in [2.05, 4.69) is 22.1 Å². The van der Waals surface area contributed by atoms with Crippen molar-refractivity contribution in [2.75, 3.05) is 32.2 Å². The fourth-order valence-corrected chi connectivity index (χ4v) is 4.41. The van der Waals surface area contributed by atoms with E-state index in [1.807, 2.05) is 18.2 Å². The first-order valence-electron chi connectivity index (χ1n) is 10.9. The Morgan fingerprint density at radius 3 is 2.65 bits per heavy atom. The minimum Gasteiger partial charge on any atom is -0.493 e. The quantitative estimate of drug-likeness (QED) is 0.465.